The highest BCUT2D eigenvalue weighted by Crippen LogP contribution is 2.33. The number of nitriles is 1. The van der Waals surface area contributed by atoms with E-state index in [-0.39, 0.29) is 0 Å². The van der Waals surface area contributed by atoms with Crippen molar-refractivity contribution in [2.45, 2.75) is 6.42 Å². The first-order valence-electron chi connectivity index (χ1n) is 5.73. The fourth-order valence-electron chi connectivity index (χ4n) is 1.98. The van der Waals surface area contributed by atoms with Crippen LogP contribution in [0.5, 0.6) is 11.5 Å². The van der Waals surface area contributed by atoms with Gasteiger partial charge in [-0.15, -0.1) is 0 Å². The second kappa shape index (κ2) is 4.42. The second-order valence-corrected chi connectivity index (χ2v) is 4.17. The van der Waals surface area contributed by atoms with Gasteiger partial charge in [0.2, 0.25) is 6.79 Å². The van der Waals surface area contributed by atoms with E-state index in [1.165, 1.54) is 11.1 Å². The molecule has 0 N–H and O–H groups in total. The van der Waals surface area contributed by atoms with Crippen LogP contribution in [0.4, 0.5) is 0 Å². The predicted molar refractivity (Wildman–Crippen MR) is 66.5 cm³/mol. The van der Waals surface area contributed by atoms with Crippen molar-refractivity contribution in [1.29, 1.82) is 5.26 Å². The predicted octanol–water partition coefficient (Wildman–Crippen LogP) is 2.88. The SMILES string of the molecule is N#Cc1ccc(Cc2ccc3c(c2)OCO3)cc1. The molecule has 88 valence electrons. The van der Waals surface area contributed by atoms with Gasteiger partial charge in [-0.05, 0) is 41.8 Å². The lowest BCUT2D eigenvalue weighted by Crippen LogP contribution is -1.93. The van der Waals surface area contributed by atoms with E-state index in [4.69, 9.17) is 14.7 Å². The van der Waals surface area contributed by atoms with E-state index < -0.39 is 0 Å². The van der Waals surface area contributed by atoms with Crippen molar-refractivity contribution in [1.82, 2.24) is 0 Å². The summed E-state index contributed by atoms with van der Waals surface area (Å²) in [7, 11) is 0. The lowest BCUT2D eigenvalue weighted by molar-refractivity contribution is 0.174. The van der Waals surface area contributed by atoms with Gasteiger partial charge in [0, 0.05) is 0 Å². The maximum absolute atomic E-state index is 8.74. The molecule has 0 fully saturated rings. The Hall–Kier alpha value is -2.47. The maximum Gasteiger partial charge on any atom is 0.231 e. The van der Waals surface area contributed by atoms with Gasteiger partial charge in [0.05, 0.1) is 11.6 Å². The maximum atomic E-state index is 8.74. The van der Waals surface area contributed by atoms with Gasteiger partial charge in [0.1, 0.15) is 0 Å². The smallest absolute Gasteiger partial charge is 0.231 e. The zero-order valence-corrected chi connectivity index (χ0v) is 9.72. The van der Waals surface area contributed by atoms with E-state index in [1.807, 2.05) is 42.5 Å². The van der Waals surface area contributed by atoms with Crippen molar-refractivity contribution >= 4 is 0 Å². The minimum Gasteiger partial charge on any atom is -0.454 e. The molecule has 2 aromatic rings. The van der Waals surface area contributed by atoms with E-state index in [0.29, 0.717) is 12.4 Å². The minimum absolute atomic E-state index is 0.301. The summed E-state index contributed by atoms with van der Waals surface area (Å²) in [5.41, 5.74) is 3.03. The second-order valence-electron chi connectivity index (χ2n) is 4.17. The number of fused-ring (bicyclic) bond motifs is 1. The summed E-state index contributed by atoms with van der Waals surface area (Å²) in [6, 6.07) is 15.7. The Bertz CT molecular complexity index is 611. The van der Waals surface area contributed by atoms with Gasteiger partial charge in [-0.25, -0.2) is 0 Å². The molecule has 0 saturated heterocycles. The summed E-state index contributed by atoms with van der Waals surface area (Å²) >= 11 is 0. The van der Waals surface area contributed by atoms with Gasteiger partial charge in [-0.1, -0.05) is 18.2 Å². The lowest BCUT2D eigenvalue weighted by atomic mass is 10.0. The van der Waals surface area contributed by atoms with Crippen LogP contribution in [0.1, 0.15) is 16.7 Å². The van der Waals surface area contributed by atoms with Crippen LogP contribution in [0.15, 0.2) is 42.5 Å². The van der Waals surface area contributed by atoms with Crippen molar-refractivity contribution in [3.63, 3.8) is 0 Å². The molecule has 3 nitrogen and oxygen atoms in total. The Balaban J connectivity index is 1.81. The molecule has 0 saturated carbocycles. The lowest BCUT2D eigenvalue weighted by Gasteiger charge is -2.03. The third kappa shape index (κ3) is 2.01. The molecule has 1 aliphatic rings. The van der Waals surface area contributed by atoms with Gasteiger partial charge >= 0.3 is 0 Å². The highest BCUT2D eigenvalue weighted by atomic mass is 16.7. The highest BCUT2D eigenvalue weighted by Gasteiger charge is 2.13. The molecule has 3 heteroatoms. The van der Waals surface area contributed by atoms with Gasteiger partial charge < -0.3 is 9.47 Å². The van der Waals surface area contributed by atoms with Gasteiger partial charge in [-0.2, -0.15) is 5.26 Å². The Kier molecular flexibility index (Phi) is 2.62. The van der Waals surface area contributed by atoms with Crippen LogP contribution in [0.3, 0.4) is 0 Å². The summed E-state index contributed by atoms with van der Waals surface area (Å²) in [4.78, 5) is 0. The Labute approximate surface area is 105 Å². The van der Waals surface area contributed by atoms with Gasteiger partial charge in [-0.3, -0.25) is 0 Å². The molecule has 1 heterocycles. The van der Waals surface area contributed by atoms with Gasteiger partial charge in [0.25, 0.3) is 0 Å². The van der Waals surface area contributed by atoms with Crippen molar-refractivity contribution in [3.05, 3.63) is 59.2 Å². The number of hydrogen-bond donors (Lipinski definition) is 0. The zero-order valence-electron chi connectivity index (χ0n) is 9.72. The molecule has 1 aliphatic heterocycles. The highest BCUT2D eigenvalue weighted by molar-refractivity contribution is 5.45. The fourth-order valence-corrected chi connectivity index (χ4v) is 1.98. The van der Waals surface area contributed by atoms with Crippen LogP contribution in [-0.4, -0.2) is 6.79 Å². The van der Waals surface area contributed by atoms with Crippen LogP contribution in [0.2, 0.25) is 0 Å². The summed E-state index contributed by atoms with van der Waals surface area (Å²) in [6.45, 7) is 0.301. The molecule has 0 spiro atoms. The Morgan fingerprint density at radius 2 is 1.67 bits per heavy atom. The van der Waals surface area contributed by atoms with Gasteiger partial charge in [0.15, 0.2) is 11.5 Å². The van der Waals surface area contributed by atoms with Crippen LogP contribution in [0.25, 0.3) is 0 Å². The summed E-state index contributed by atoms with van der Waals surface area (Å²) < 4.78 is 10.6. The number of rotatable bonds is 2. The van der Waals surface area contributed by atoms with Crippen molar-refractivity contribution < 1.29 is 9.47 Å². The van der Waals surface area contributed by atoms with E-state index in [0.717, 1.165) is 17.9 Å². The normalized spacial score (nSPS) is 12.2. The van der Waals surface area contributed by atoms with Crippen molar-refractivity contribution in [3.8, 4) is 17.6 Å². The standard InChI is InChI=1S/C15H11NO2/c16-9-12-3-1-11(2-4-12)7-13-5-6-14-15(8-13)18-10-17-14/h1-6,8H,7,10H2. The molecule has 0 aliphatic carbocycles. The summed E-state index contributed by atoms with van der Waals surface area (Å²) in [5, 5.41) is 8.74. The minimum atomic E-state index is 0.301. The summed E-state index contributed by atoms with van der Waals surface area (Å²) in [6.07, 6.45) is 0.822. The fraction of sp³-hybridized carbons (Fsp3) is 0.133. The number of benzene rings is 2. The first-order valence-corrected chi connectivity index (χ1v) is 5.73. The molecular formula is C15H11NO2. The number of ether oxygens (including phenoxy) is 2. The largest absolute Gasteiger partial charge is 0.454 e. The first kappa shape index (κ1) is 10.7. The van der Waals surface area contributed by atoms with Crippen molar-refractivity contribution in [2.24, 2.45) is 0 Å². The molecule has 0 radical (unpaired) electrons. The van der Waals surface area contributed by atoms with Crippen LogP contribution in [0, 0.1) is 11.3 Å². The zero-order chi connectivity index (χ0) is 12.4. The Morgan fingerprint density at radius 1 is 0.944 bits per heavy atom. The first-order chi connectivity index (χ1) is 8.85. The third-order valence-corrected chi connectivity index (χ3v) is 2.93. The molecule has 0 amide bonds. The van der Waals surface area contributed by atoms with E-state index in [1.54, 1.807) is 0 Å². The van der Waals surface area contributed by atoms with E-state index in [9.17, 15) is 0 Å². The molecule has 0 aromatic heterocycles. The molecule has 0 bridgehead atoms. The molecule has 3 rings (SSSR count). The van der Waals surface area contributed by atoms with E-state index in [2.05, 4.69) is 6.07 Å². The van der Waals surface area contributed by atoms with Crippen LogP contribution >= 0.6 is 0 Å². The third-order valence-electron chi connectivity index (χ3n) is 2.93. The van der Waals surface area contributed by atoms with E-state index >= 15 is 0 Å². The average molecular weight is 237 g/mol. The Morgan fingerprint density at radius 3 is 2.44 bits per heavy atom. The molecule has 18 heavy (non-hydrogen) atoms. The monoisotopic (exact) mass is 237 g/mol. The quantitative estimate of drug-likeness (QED) is 0.806. The topological polar surface area (TPSA) is 42.2 Å². The molecule has 0 atom stereocenters. The summed E-state index contributed by atoms with van der Waals surface area (Å²) in [5.74, 6) is 1.61. The average Bonchev–Trinajstić information content (AvgIpc) is 2.87. The number of hydrogen-bond acceptors (Lipinski definition) is 3. The van der Waals surface area contributed by atoms with Crippen LogP contribution < -0.4 is 9.47 Å². The molecule has 0 unspecified atom stereocenters. The number of nitrogens with zero attached hydrogens (tertiary/aromatic N) is 1. The van der Waals surface area contributed by atoms with Crippen LogP contribution in [-0.2, 0) is 6.42 Å². The van der Waals surface area contributed by atoms with Crippen molar-refractivity contribution in [2.75, 3.05) is 6.79 Å². The molecule has 2 aromatic carbocycles. The molecular weight excluding hydrogens is 226 g/mol.